The maximum absolute atomic E-state index is 12.5. The summed E-state index contributed by atoms with van der Waals surface area (Å²) in [6.07, 6.45) is -1.13. The Labute approximate surface area is 90.4 Å². The molecule has 0 aliphatic carbocycles. The van der Waals surface area contributed by atoms with E-state index in [-0.39, 0.29) is 0 Å². The molecule has 84 valence electrons. The lowest BCUT2D eigenvalue weighted by molar-refractivity contribution is -0.137. The number of aromatic nitrogens is 2. The number of hydrogen-bond donors (Lipinski definition) is 0. The summed E-state index contributed by atoms with van der Waals surface area (Å²) in [4.78, 5) is 3.97. The zero-order valence-electron chi connectivity index (χ0n) is 8.49. The molecule has 1 heterocycles. The van der Waals surface area contributed by atoms with Crippen LogP contribution in [0.4, 0.5) is 13.2 Å². The first kappa shape index (κ1) is 10.7. The van der Waals surface area contributed by atoms with Crippen LogP contribution < -0.4 is 0 Å². The number of aryl methyl sites for hydroxylation is 1. The quantitative estimate of drug-likeness (QED) is 0.730. The van der Waals surface area contributed by atoms with E-state index in [0.717, 1.165) is 12.1 Å². The van der Waals surface area contributed by atoms with Crippen LogP contribution in [0.2, 0.25) is 0 Å². The van der Waals surface area contributed by atoms with Crippen LogP contribution in [0.5, 0.6) is 0 Å². The molecule has 2 aromatic rings. The van der Waals surface area contributed by atoms with E-state index in [9.17, 15) is 13.2 Å². The van der Waals surface area contributed by atoms with Crippen LogP contribution >= 0.6 is 0 Å². The molecule has 0 bridgehead atoms. The van der Waals surface area contributed by atoms with Gasteiger partial charge in [-0.3, -0.25) is 0 Å². The molecule has 0 radical (unpaired) electrons. The van der Waals surface area contributed by atoms with E-state index < -0.39 is 11.7 Å². The number of alkyl halides is 3. The number of hydrogen-bond acceptors (Lipinski definition) is 1. The lowest BCUT2D eigenvalue weighted by Crippen LogP contribution is -2.06. The van der Waals surface area contributed by atoms with Gasteiger partial charge >= 0.3 is 6.18 Å². The largest absolute Gasteiger partial charge is 0.416 e. The Balaban J connectivity index is 2.49. The summed E-state index contributed by atoms with van der Waals surface area (Å²) in [5.41, 5.74) is -0.192. The van der Waals surface area contributed by atoms with Gasteiger partial charge in [-0.1, -0.05) is 6.07 Å². The predicted molar refractivity (Wildman–Crippen MR) is 53.3 cm³/mol. The monoisotopic (exact) mass is 226 g/mol. The van der Waals surface area contributed by atoms with Crippen molar-refractivity contribution in [1.82, 2.24) is 9.55 Å². The third kappa shape index (κ3) is 1.93. The van der Waals surface area contributed by atoms with Gasteiger partial charge < -0.3 is 4.57 Å². The van der Waals surface area contributed by atoms with E-state index in [2.05, 4.69) is 4.98 Å². The number of benzene rings is 1. The van der Waals surface area contributed by atoms with E-state index in [1.807, 2.05) is 0 Å². The molecule has 16 heavy (non-hydrogen) atoms. The van der Waals surface area contributed by atoms with Gasteiger partial charge in [0.15, 0.2) is 0 Å². The molecular formula is C11H9F3N2. The topological polar surface area (TPSA) is 17.8 Å². The standard InChI is InChI=1S/C11H9F3N2/c1-8-15-5-6-16(8)10-4-2-3-9(7-10)11(12,13)14/h2-7H,1H3. The first-order valence-corrected chi connectivity index (χ1v) is 4.66. The van der Waals surface area contributed by atoms with Gasteiger partial charge in [0.05, 0.1) is 5.56 Å². The average molecular weight is 226 g/mol. The van der Waals surface area contributed by atoms with Crippen LogP contribution in [0.3, 0.4) is 0 Å². The van der Waals surface area contributed by atoms with E-state index in [0.29, 0.717) is 11.5 Å². The molecule has 0 fully saturated rings. The molecule has 1 aromatic carbocycles. The zero-order chi connectivity index (χ0) is 11.8. The summed E-state index contributed by atoms with van der Waals surface area (Å²) in [6, 6.07) is 5.16. The molecule has 0 aliphatic rings. The van der Waals surface area contributed by atoms with Crippen LogP contribution in [0, 0.1) is 6.92 Å². The number of halogens is 3. The van der Waals surface area contributed by atoms with Crippen LogP contribution in [0.25, 0.3) is 5.69 Å². The maximum atomic E-state index is 12.5. The zero-order valence-corrected chi connectivity index (χ0v) is 8.49. The Kier molecular flexibility index (Phi) is 2.46. The summed E-state index contributed by atoms with van der Waals surface area (Å²) < 4.78 is 39.1. The summed E-state index contributed by atoms with van der Waals surface area (Å²) in [5.74, 6) is 0.652. The van der Waals surface area contributed by atoms with Crippen LogP contribution in [-0.2, 0) is 6.18 Å². The minimum Gasteiger partial charge on any atom is -0.304 e. The van der Waals surface area contributed by atoms with Gasteiger partial charge in [0.1, 0.15) is 5.82 Å². The number of imidazole rings is 1. The van der Waals surface area contributed by atoms with Crippen molar-refractivity contribution in [2.24, 2.45) is 0 Å². The van der Waals surface area contributed by atoms with Crippen LogP contribution in [0.1, 0.15) is 11.4 Å². The Morgan fingerprint density at radius 1 is 1.25 bits per heavy atom. The van der Waals surface area contributed by atoms with Gasteiger partial charge in [-0.15, -0.1) is 0 Å². The Bertz CT molecular complexity index is 500. The lowest BCUT2D eigenvalue weighted by Gasteiger charge is -2.10. The molecule has 0 saturated carbocycles. The summed E-state index contributed by atoms with van der Waals surface area (Å²) in [6.45, 7) is 1.74. The van der Waals surface area contributed by atoms with Crippen LogP contribution in [0.15, 0.2) is 36.7 Å². The SMILES string of the molecule is Cc1nccn1-c1cccc(C(F)(F)F)c1. The van der Waals surface area contributed by atoms with Crippen molar-refractivity contribution in [3.63, 3.8) is 0 Å². The molecule has 0 amide bonds. The molecule has 0 atom stereocenters. The Morgan fingerprint density at radius 3 is 2.56 bits per heavy atom. The van der Waals surface area contributed by atoms with E-state index in [1.54, 1.807) is 30.0 Å². The van der Waals surface area contributed by atoms with Gasteiger partial charge in [-0.2, -0.15) is 13.2 Å². The molecule has 0 saturated heterocycles. The molecule has 2 rings (SSSR count). The summed E-state index contributed by atoms with van der Waals surface area (Å²) in [7, 11) is 0. The Hall–Kier alpha value is -1.78. The predicted octanol–water partition coefficient (Wildman–Crippen LogP) is 3.20. The minimum absolute atomic E-state index is 0.463. The third-order valence-electron chi connectivity index (χ3n) is 2.28. The highest BCUT2D eigenvalue weighted by molar-refractivity contribution is 5.38. The van der Waals surface area contributed by atoms with E-state index in [1.165, 1.54) is 6.07 Å². The molecule has 1 aromatic heterocycles. The van der Waals surface area contributed by atoms with Gasteiger partial charge in [-0.25, -0.2) is 4.98 Å². The van der Waals surface area contributed by atoms with E-state index in [4.69, 9.17) is 0 Å². The van der Waals surface area contributed by atoms with Crippen molar-refractivity contribution in [2.45, 2.75) is 13.1 Å². The molecule has 0 N–H and O–H groups in total. The highest BCUT2D eigenvalue weighted by atomic mass is 19.4. The fourth-order valence-corrected chi connectivity index (χ4v) is 1.48. The van der Waals surface area contributed by atoms with Gasteiger partial charge in [0.25, 0.3) is 0 Å². The Morgan fingerprint density at radius 2 is 2.00 bits per heavy atom. The highest BCUT2D eigenvalue weighted by Crippen LogP contribution is 2.30. The van der Waals surface area contributed by atoms with Crippen molar-refractivity contribution in [2.75, 3.05) is 0 Å². The molecular weight excluding hydrogens is 217 g/mol. The fourth-order valence-electron chi connectivity index (χ4n) is 1.48. The van der Waals surface area contributed by atoms with E-state index >= 15 is 0 Å². The smallest absolute Gasteiger partial charge is 0.304 e. The van der Waals surface area contributed by atoms with Crippen molar-refractivity contribution >= 4 is 0 Å². The van der Waals surface area contributed by atoms with Gasteiger partial charge in [-0.05, 0) is 25.1 Å². The second kappa shape index (κ2) is 3.66. The summed E-state index contributed by atoms with van der Waals surface area (Å²) >= 11 is 0. The normalized spacial score (nSPS) is 11.8. The second-order valence-corrected chi connectivity index (χ2v) is 3.39. The molecule has 2 nitrogen and oxygen atoms in total. The van der Waals surface area contributed by atoms with Crippen molar-refractivity contribution in [3.8, 4) is 5.69 Å². The first-order valence-electron chi connectivity index (χ1n) is 4.66. The fraction of sp³-hybridized carbons (Fsp3) is 0.182. The molecule has 0 unspecified atom stereocenters. The minimum atomic E-state index is -4.31. The maximum Gasteiger partial charge on any atom is 0.416 e. The molecule has 0 aliphatic heterocycles. The van der Waals surface area contributed by atoms with Gasteiger partial charge in [0.2, 0.25) is 0 Å². The van der Waals surface area contributed by atoms with Crippen molar-refractivity contribution in [3.05, 3.63) is 48.0 Å². The first-order chi connectivity index (χ1) is 7.48. The van der Waals surface area contributed by atoms with Crippen molar-refractivity contribution < 1.29 is 13.2 Å². The third-order valence-corrected chi connectivity index (χ3v) is 2.28. The number of nitrogens with zero attached hydrogens (tertiary/aromatic N) is 2. The van der Waals surface area contributed by atoms with Gasteiger partial charge in [0, 0.05) is 18.1 Å². The lowest BCUT2D eigenvalue weighted by atomic mass is 10.2. The molecule has 5 heteroatoms. The van der Waals surface area contributed by atoms with Crippen LogP contribution in [-0.4, -0.2) is 9.55 Å². The average Bonchev–Trinajstić information content (AvgIpc) is 2.63. The summed E-state index contributed by atoms with van der Waals surface area (Å²) in [5, 5.41) is 0. The highest BCUT2D eigenvalue weighted by Gasteiger charge is 2.30. The second-order valence-electron chi connectivity index (χ2n) is 3.39. The van der Waals surface area contributed by atoms with Crippen molar-refractivity contribution in [1.29, 1.82) is 0 Å². The molecule has 0 spiro atoms. The number of rotatable bonds is 1.